The number of furan rings is 1. The predicted molar refractivity (Wildman–Crippen MR) is 77.1 cm³/mol. The van der Waals surface area contributed by atoms with Crippen molar-refractivity contribution in [2.75, 3.05) is 13.1 Å². The average Bonchev–Trinajstić information content (AvgIpc) is 2.95. The number of amides is 1. The molecule has 1 saturated heterocycles. The van der Waals surface area contributed by atoms with Gasteiger partial charge in [-0.2, -0.15) is 4.98 Å². The molecule has 2 aliphatic rings. The normalized spacial score (nSPS) is 25.4. The number of carbonyl (C=O) groups excluding carboxylic acids is 1. The molecule has 0 radical (unpaired) electrons. The van der Waals surface area contributed by atoms with Crippen LogP contribution >= 0.6 is 0 Å². The summed E-state index contributed by atoms with van der Waals surface area (Å²) in [6.07, 6.45) is 4.37. The third kappa shape index (κ3) is 2.42. The summed E-state index contributed by atoms with van der Waals surface area (Å²) in [5.74, 6) is 3.26. The van der Waals surface area contributed by atoms with Crippen molar-refractivity contribution >= 4 is 5.91 Å². The van der Waals surface area contributed by atoms with Crippen LogP contribution in [0.4, 0.5) is 0 Å². The van der Waals surface area contributed by atoms with E-state index in [1.165, 1.54) is 0 Å². The summed E-state index contributed by atoms with van der Waals surface area (Å²) in [6.45, 7) is 3.37. The number of likely N-dealkylation sites (tertiary alicyclic amines) is 1. The van der Waals surface area contributed by atoms with E-state index >= 15 is 0 Å². The first-order chi connectivity index (χ1) is 10.7. The molecule has 1 saturated carbocycles. The summed E-state index contributed by atoms with van der Waals surface area (Å²) in [5.41, 5.74) is 0. The fourth-order valence-electron chi connectivity index (χ4n) is 3.34. The Morgan fingerprint density at radius 3 is 2.82 bits per heavy atom. The lowest BCUT2D eigenvalue weighted by Crippen LogP contribution is -2.39. The lowest BCUT2D eigenvalue weighted by atomic mass is 9.96. The second kappa shape index (κ2) is 5.26. The van der Waals surface area contributed by atoms with E-state index in [-0.39, 0.29) is 23.7 Å². The Morgan fingerprint density at radius 2 is 2.18 bits per heavy atom. The standard InChI is InChI=1S/C16H19N3O3/c1-10-17-15(22-18-10)11-4-6-19(7-5-11)16(20)13-9-12(13)14-3-2-8-21-14/h2-3,8,11-13H,4-7,9H2,1H3. The number of carbonyl (C=O) groups is 1. The average molecular weight is 301 g/mol. The summed E-state index contributed by atoms with van der Waals surface area (Å²) in [5, 5.41) is 3.85. The van der Waals surface area contributed by atoms with Crippen molar-refractivity contribution in [3.63, 3.8) is 0 Å². The maximum Gasteiger partial charge on any atom is 0.229 e. The van der Waals surface area contributed by atoms with Crippen LogP contribution in [0.15, 0.2) is 27.3 Å². The van der Waals surface area contributed by atoms with Crippen LogP contribution < -0.4 is 0 Å². The number of nitrogens with zero attached hydrogens (tertiary/aromatic N) is 3. The molecule has 2 atom stereocenters. The molecule has 0 bridgehead atoms. The first-order valence-electron chi connectivity index (χ1n) is 7.85. The molecule has 2 fully saturated rings. The first-order valence-corrected chi connectivity index (χ1v) is 7.85. The highest BCUT2D eigenvalue weighted by molar-refractivity contribution is 5.83. The van der Waals surface area contributed by atoms with Crippen LogP contribution in [0, 0.1) is 12.8 Å². The van der Waals surface area contributed by atoms with Crippen LogP contribution in [0.1, 0.15) is 48.6 Å². The Kier molecular flexibility index (Phi) is 3.24. The zero-order valence-electron chi connectivity index (χ0n) is 12.6. The SMILES string of the molecule is Cc1noc(C2CCN(C(=O)C3CC3c3ccco3)CC2)n1. The quantitative estimate of drug-likeness (QED) is 0.871. The van der Waals surface area contributed by atoms with Gasteiger partial charge < -0.3 is 13.8 Å². The molecule has 1 aliphatic heterocycles. The Labute approximate surface area is 128 Å². The molecular weight excluding hydrogens is 282 g/mol. The number of aryl methyl sites for hydroxylation is 1. The summed E-state index contributed by atoms with van der Waals surface area (Å²) in [4.78, 5) is 18.8. The van der Waals surface area contributed by atoms with Crippen molar-refractivity contribution in [1.29, 1.82) is 0 Å². The van der Waals surface area contributed by atoms with Gasteiger partial charge in [0.1, 0.15) is 5.76 Å². The van der Waals surface area contributed by atoms with Gasteiger partial charge in [0.2, 0.25) is 11.8 Å². The summed E-state index contributed by atoms with van der Waals surface area (Å²) in [6, 6.07) is 3.84. The molecule has 116 valence electrons. The lowest BCUT2D eigenvalue weighted by Gasteiger charge is -2.30. The number of rotatable bonds is 3. The van der Waals surface area contributed by atoms with Gasteiger partial charge in [0, 0.05) is 30.8 Å². The van der Waals surface area contributed by atoms with E-state index in [4.69, 9.17) is 8.94 Å². The van der Waals surface area contributed by atoms with Crippen molar-refractivity contribution in [1.82, 2.24) is 15.0 Å². The van der Waals surface area contributed by atoms with Crippen molar-refractivity contribution in [3.8, 4) is 0 Å². The van der Waals surface area contributed by atoms with Gasteiger partial charge in [-0.15, -0.1) is 0 Å². The highest BCUT2D eigenvalue weighted by Gasteiger charge is 2.47. The second-order valence-electron chi connectivity index (χ2n) is 6.24. The van der Waals surface area contributed by atoms with E-state index in [9.17, 15) is 4.79 Å². The highest BCUT2D eigenvalue weighted by atomic mass is 16.5. The van der Waals surface area contributed by atoms with Gasteiger partial charge in [-0.1, -0.05) is 5.16 Å². The zero-order chi connectivity index (χ0) is 15.1. The smallest absolute Gasteiger partial charge is 0.229 e. The Balaban J connectivity index is 1.33. The largest absolute Gasteiger partial charge is 0.469 e. The van der Waals surface area contributed by atoms with Crippen molar-refractivity contribution in [3.05, 3.63) is 35.9 Å². The van der Waals surface area contributed by atoms with Gasteiger partial charge in [0.15, 0.2) is 5.82 Å². The van der Waals surface area contributed by atoms with Gasteiger partial charge in [0.05, 0.1) is 6.26 Å². The molecule has 6 nitrogen and oxygen atoms in total. The molecule has 2 unspecified atom stereocenters. The van der Waals surface area contributed by atoms with Crippen LogP contribution in [-0.4, -0.2) is 34.0 Å². The second-order valence-corrected chi connectivity index (χ2v) is 6.24. The minimum absolute atomic E-state index is 0.105. The fraction of sp³-hybridized carbons (Fsp3) is 0.562. The topological polar surface area (TPSA) is 72.4 Å². The fourth-order valence-corrected chi connectivity index (χ4v) is 3.34. The number of hydrogen-bond acceptors (Lipinski definition) is 5. The number of aromatic nitrogens is 2. The summed E-state index contributed by atoms with van der Waals surface area (Å²) >= 11 is 0. The minimum atomic E-state index is 0.105. The summed E-state index contributed by atoms with van der Waals surface area (Å²) in [7, 11) is 0. The first kappa shape index (κ1) is 13.5. The molecule has 3 heterocycles. The minimum Gasteiger partial charge on any atom is -0.469 e. The molecular formula is C16H19N3O3. The van der Waals surface area contributed by atoms with E-state index in [1.54, 1.807) is 6.26 Å². The van der Waals surface area contributed by atoms with Crippen LogP contribution in [0.2, 0.25) is 0 Å². The third-order valence-corrected chi connectivity index (χ3v) is 4.72. The van der Waals surface area contributed by atoms with Gasteiger partial charge in [-0.3, -0.25) is 4.79 Å². The molecule has 1 aliphatic carbocycles. The van der Waals surface area contributed by atoms with Crippen LogP contribution in [0.25, 0.3) is 0 Å². The molecule has 22 heavy (non-hydrogen) atoms. The van der Waals surface area contributed by atoms with Gasteiger partial charge >= 0.3 is 0 Å². The molecule has 1 amide bonds. The molecule has 0 aromatic carbocycles. The molecule has 2 aromatic heterocycles. The van der Waals surface area contributed by atoms with Gasteiger partial charge in [-0.05, 0) is 38.3 Å². The predicted octanol–water partition coefficient (Wildman–Crippen LogP) is 2.48. The Bertz CT molecular complexity index is 656. The van der Waals surface area contributed by atoms with Crippen LogP contribution in [0.5, 0.6) is 0 Å². The van der Waals surface area contributed by atoms with Gasteiger partial charge in [0.25, 0.3) is 0 Å². The van der Waals surface area contributed by atoms with Crippen molar-refractivity contribution < 1.29 is 13.7 Å². The van der Waals surface area contributed by atoms with Crippen LogP contribution in [0.3, 0.4) is 0 Å². The molecule has 0 spiro atoms. The van der Waals surface area contributed by atoms with Crippen molar-refractivity contribution in [2.24, 2.45) is 5.92 Å². The molecule has 2 aromatic rings. The van der Waals surface area contributed by atoms with E-state index in [0.717, 1.165) is 38.1 Å². The van der Waals surface area contributed by atoms with E-state index < -0.39 is 0 Å². The van der Waals surface area contributed by atoms with E-state index in [0.29, 0.717) is 11.7 Å². The highest BCUT2D eigenvalue weighted by Crippen LogP contribution is 2.49. The number of hydrogen-bond donors (Lipinski definition) is 0. The van der Waals surface area contributed by atoms with Crippen molar-refractivity contribution in [2.45, 2.75) is 38.0 Å². The van der Waals surface area contributed by atoms with E-state index in [1.807, 2.05) is 24.0 Å². The third-order valence-electron chi connectivity index (χ3n) is 4.72. The molecule has 6 heteroatoms. The van der Waals surface area contributed by atoms with Crippen LogP contribution in [-0.2, 0) is 4.79 Å². The zero-order valence-corrected chi connectivity index (χ0v) is 12.6. The maximum absolute atomic E-state index is 12.5. The van der Waals surface area contributed by atoms with E-state index in [2.05, 4.69) is 10.1 Å². The summed E-state index contributed by atoms with van der Waals surface area (Å²) < 4.78 is 10.7. The monoisotopic (exact) mass is 301 g/mol. The number of piperidine rings is 1. The van der Waals surface area contributed by atoms with Gasteiger partial charge in [-0.25, -0.2) is 0 Å². The maximum atomic E-state index is 12.5. The molecule has 4 rings (SSSR count). The molecule has 0 N–H and O–H groups in total. The Hall–Kier alpha value is -2.11. The lowest BCUT2D eigenvalue weighted by molar-refractivity contribution is -0.133. The Morgan fingerprint density at radius 1 is 1.36 bits per heavy atom.